The Morgan fingerprint density at radius 2 is 1.77 bits per heavy atom. The van der Waals surface area contributed by atoms with Crippen molar-refractivity contribution >= 4 is 23.5 Å². The molecule has 0 aliphatic carbocycles. The third kappa shape index (κ3) is 5.79. The molecule has 0 aliphatic heterocycles. The minimum Gasteiger partial charge on any atom is -0.496 e. The van der Waals surface area contributed by atoms with Gasteiger partial charge in [-0.1, -0.05) is 31.0 Å². The molecule has 0 aliphatic rings. The number of benzene rings is 2. The average Bonchev–Trinajstić information content (AvgIpc) is 2.77. The van der Waals surface area contributed by atoms with E-state index in [1.165, 1.54) is 27.4 Å². The van der Waals surface area contributed by atoms with Gasteiger partial charge in [0.1, 0.15) is 11.3 Å². The maximum atomic E-state index is 12.6. The third-order valence-corrected chi connectivity index (χ3v) is 4.64. The van der Waals surface area contributed by atoms with Gasteiger partial charge in [0.25, 0.3) is 5.91 Å². The maximum absolute atomic E-state index is 12.6. The molecule has 30 heavy (non-hydrogen) atoms. The zero-order valence-corrected chi connectivity index (χ0v) is 18.3. The summed E-state index contributed by atoms with van der Waals surface area (Å²) in [6.07, 6.45) is 1.88. The molecule has 0 unspecified atom stereocenters. The normalized spacial score (nSPS) is 10.3. The smallest absolute Gasteiger partial charge is 0.341 e. The average molecular weight is 436 g/mol. The number of carbonyl (C=O) groups is 2. The van der Waals surface area contributed by atoms with Gasteiger partial charge in [0.2, 0.25) is 0 Å². The van der Waals surface area contributed by atoms with Gasteiger partial charge in [0, 0.05) is 12.1 Å². The van der Waals surface area contributed by atoms with Crippen molar-refractivity contribution < 1.29 is 28.5 Å². The first-order valence-corrected chi connectivity index (χ1v) is 9.86. The molecule has 0 fully saturated rings. The summed E-state index contributed by atoms with van der Waals surface area (Å²) in [5.74, 6) is 0.344. The Hall–Kier alpha value is -2.93. The van der Waals surface area contributed by atoms with Crippen molar-refractivity contribution in [2.75, 3.05) is 27.9 Å². The molecule has 0 bridgehead atoms. The van der Waals surface area contributed by atoms with Crippen LogP contribution >= 0.6 is 11.6 Å². The highest BCUT2D eigenvalue weighted by atomic mass is 35.5. The molecular formula is C22H26ClNO6. The van der Waals surface area contributed by atoms with Gasteiger partial charge in [0.15, 0.2) is 11.5 Å². The van der Waals surface area contributed by atoms with E-state index in [1.54, 1.807) is 24.3 Å². The van der Waals surface area contributed by atoms with E-state index in [1.807, 2.05) is 0 Å². The van der Waals surface area contributed by atoms with Crippen molar-refractivity contribution in [3.05, 3.63) is 52.0 Å². The van der Waals surface area contributed by atoms with Crippen molar-refractivity contribution in [1.29, 1.82) is 0 Å². The number of hydrogen-bond acceptors (Lipinski definition) is 6. The second-order valence-electron chi connectivity index (χ2n) is 6.40. The second kappa shape index (κ2) is 11.3. The standard InChI is InChI=1S/C22H26ClNO6/c1-5-6-9-30-20-17(23)11-15(12-19(20)28-3)21(25)24-13-14-7-8-18(27-2)16(10-14)22(26)29-4/h7-8,10-12H,5-6,9,13H2,1-4H3,(H,24,25). The summed E-state index contributed by atoms with van der Waals surface area (Å²) < 4.78 is 21.0. The molecule has 1 amide bonds. The van der Waals surface area contributed by atoms with Gasteiger partial charge in [-0.3, -0.25) is 4.79 Å². The van der Waals surface area contributed by atoms with Crippen molar-refractivity contribution in [3.63, 3.8) is 0 Å². The molecule has 7 nitrogen and oxygen atoms in total. The van der Waals surface area contributed by atoms with Gasteiger partial charge < -0.3 is 24.3 Å². The van der Waals surface area contributed by atoms with E-state index in [4.69, 9.17) is 30.5 Å². The van der Waals surface area contributed by atoms with Crippen molar-refractivity contribution in [1.82, 2.24) is 5.32 Å². The van der Waals surface area contributed by atoms with Crippen LogP contribution in [0.25, 0.3) is 0 Å². The second-order valence-corrected chi connectivity index (χ2v) is 6.81. The molecule has 0 saturated carbocycles. The summed E-state index contributed by atoms with van der Waals surface area (Å²) in [5.41, 5.74) is 1.33. The van der Waals surface area contributed by atoms with E-state index in [-0.39, 0.29) is 18.0 Å². The fraction of sp³-hybridized carbons (Fsp3) is 0.364. The van der Waals surface area contributed by atoms with Gasteiger partial charge >= 0.3 is 5.97 Å². The fourth-order valence-corrected chi connectivity index (χ4v) is 2.99. The van der Waals surface area contributed by atoms with E-state index < -0.39 is 5.97 Å². The number of nitrogens with one attached hydrogen (secondary N) is 1. The molecule has 0 atom stereocenters. The van der Waals surface area contributed by atoms with Gasteiger partial charge in [0.05, 0.1) is 33.0 Å². The first-order chi connectivity index (χ1) is 14.4. The first-order valence-electron chi connectivity index (χ1n) is 9.48. The molecule has 1 N–H and O–H groups in total. The number of carbonyl (C=O) groups excluding carboxylic acids is 2. The quantitative estimate of drug-likeness (QED) is 0.443. The van der Waals surface area contributed by atoms with E-state index in [9.17, 15) is 9.59 Å². The number of methoxy groups -OCH3 is 3. The molecule has 162 valence electrons. The van der Waals surface area contributed by atoms with Crippen molar-refractivity contribution in [3.8, 4) is 17.2 Å². The van der Waals surface area contributed by atoms with Crippen molar-refractivity contribution in [2.45, 2.75) is 26.3 Å². The van der Waals surface area contributed by atoms with Crippen LogP contribution < -0.4 is 19.5 Å². The minimum atomic E-state index is -0.518. The Labute approximate surface area is 181 Å². The molecule has 2 rings (SSSR count). The van der Waals surface area contributed by atoms with Crippen LogP contribution in [0.4, 0.5) is 0 Å². The summed E-state index contributed by atoms with van der Waals surface area (Å²) in [6, 6.07) is 8.13. The number of rotatable bonds is 10. The molecule has 2 aromatic carbocycles. The van der Waals surface area contributed by atoms with Crippen LogP contribution in [0, 0.1) is 0 Å². The number of esters is 1. The Morgan fingerprint density at radius 3 is 2.40 bits per heavy atom. The Morgan fingerprint density at radius 1 is 1.03 bits per heavy atom. The van der Waals surface area contributed by atoms with E-state index in [0.29, 0.717) is 40.0 Å². The minimum absolute atomic E-state index is 0.196. The number of unbranched alkanes of at least 4 members (excludes halogenated alkanes) is 1. The van der Waals surface area contributed by atoms with Crippen LogP contribution in [-0.2, 0) is 11.3 Å². The summed E-state index contributed by atoms with van der Waals surface area (Å²) >= 11 is 6.31. The summed E-state index contributed by atoms with van der Waals surface area (Å²) in [4.78, 5) is 24.5. The van der Waals surface area contributed by atoms with Gasteiger partial charge in [-0.2, -0.15) is 0 Å². The highest BCUT2D eigenvalue weighted by molar-refractivity contribution is 6.32. The van der Waals surface area contributed by atoms with Crippen LogP contribution in [0.3, 0.4) is 0 Å². The zero-order chi connectivity index (χ0) is 22.1. The predicted molar refractivity (Wildman–Crippen MR) is 114 cm³/mol. The highest BCUT2D eigenvalue weighted by Gasteiger charge is 2.17. The number of amides is 1. The van der Waals surface area contributed by atoms with Crippen LogP contribution in [0.15, 0.2) is 30.3 Å². The maximum Gasteiger partial charge on any atom is 0.341 e. The predicted octanol–water partition coefficient (Wildman–Crippen LogP) is 4.25. The Balaban J connectivity index is 2.14. The van der Waals surface area contributed by atoms with E-state index >= 15 is 0 Å². The third-order valence-electron chi connectivity index (χ3n) is 4.36. The Kier molecular flexibility index (Phi) is 8.80. The molecule has 0 heterocycles. The first kappa shape index (κ1) is 23.3. The monoisotopic (exact) mass is 435 g/mol. The van der Waals surface area contributed by atoms with Crippen LogP contribution in [0.2, 0.25) is 5.02 Å². The lowest BCUT2D eigenvalue weighted by Crippen LogP contribution is -2.23. The molecule has 2 aromatic rings. The number of ether oxygens (including phenoxy) is 4. The zero-order valence-electron chi connectivity index (χ0n) is 17.5. The molecule has 0 aromatic heterocycles. The van der Waals surface area contributed by atoms with E-state index in [2.05, 4.69) is 12.2 Å². The number of hydrogen-bond donors (Lipinski definition) is 1. The molecule has 0 radical (unpaired) electrons. The SMILES string of the molecule is CCCCOc1c(Cl)cc(C(=O)NCc2ccc(OC)c(C(=O)OC)c2)cc1OC. The fourth-order valence-electron chi connectivity index (χ4n) is 2.73. The van der Waals surface area contributed by atoms with Gasteiger partial charge in [-0.25, -0.2) is 4.79 Å². The topological polar surface area (TPSA) is 83.1 Å². The molecular weight excluding hydrogens is 410 g/mol. The van der Waals surface area contributed by atoms with Crippen LogP contribution in [0.1, 0.15) is 46.0 Å². The summed E-state index contributed by atoms with van der Waals surface area (Å²) in [5, 5.41) is 3.10. The lowest BCUT2D eigenvalue weighted by Gasteiger charge is -2.14. The van der Waals surface area contributed by atoms with Crippen LogP contribution in [0.5, 0.6) is 17.2 Å². The number of halogens is 1. The summed E-state index contributed by atoms with van der Waals surface area (Å²) in [7, 11) is 4.25. The van der Waals surface area contributed by atoms with Crippen LogP contribution in [-0.4, -0.2) is 39.8 Å². The van der Waals surface area contributed by atoms with Gasteiger partial charge in [-0.15, -0.1) is 0 Å². The van der Waals surface area contributed by atoms with E-state index in [0.717, 1.165) is 12.8 Å². The Bertz CT molecular complexity index is 899. The van der Waals surface area contributed by atoms with Crippen molar-refractivity contribution in [2.24, 2.45) is 0 Å². The highest BCUT2D eigenvalue weighted by Crippen LogP contribution is 2.36. The molecule has 8 heteroatoms. The summed E-state index contributed by atoms with van der Waals surface area (Å²) in [6.45, 7) is 2.77. The van der Waals surface area contributed by atoms with Gasteiger partial charge in [-0.05, 0) is 36.2 Å². The molecule has 0 saturated heterocycles. The lowest BCUT2D eigenvalue weighted by molar-refractivity contribution is 0.0597. The largest absolute Gasteiger partial charge is 0.496 e. The lowest BCUT2D eigenvalue weighted by atomic mass is 10.1. The molecule has 0 spiro atoms.